The summed E-state index contributed by atoms with van der Waals surface area (Å²) in [4.78, 5) is 26.5. The van der Waals surface area contributed by atoms with Crippen LogP contribution in [0.3, 0.4) is 0 Å². The van der Waals surface area contributed by atoms with E-state index in [4.69, 9.17) is 14.7 Å². The van der Waals surface area contributed by atoms with E-state index in [2.05, 4.69) is 36.4 Å². The number of nitrogens with one attached hydrogen (secondary N) is 2. The zero-order valence-corrected chi connectivity index (χ0v) is 21.6. The molecule has 0 bridgehead atoms. The first kappa shape index (κ1) is 27.8. The second-order valence-corrected chi connectivity index (χ2v) is 9.20. The van der Waals surface area contributed by atoms with Crippen LogP contribution >= 0.6 is 0 Å². The van der Waals surface area contributed by atoms with Crippen molar-refractivity contribution in [1.82, 2.24) is 24.8 Å². The number of nitrogens with zero attached hydrogens (tertiary/aromatic N) is 4. The number of rotatable bonds is 18. The highest BCUT2D eigenvalue weighted by Gasteiger charge is 2.21. The monoisotopic (exact) mass is 472 g/mol. The lowest BCUT2D eigenvalue weighted by molar-refractivity contribution is -0.122. The molecular formula is C26H44N6O2. The van der Waals surface area contributed by atoms with Crippen molar-refractivity contribution in [2.45, 2.75) is 91.5 Å². The van der Waals surface area contributed by atoms with Crippen LogP contribution in [0, 0.1) is 5.92 Å². The topological polar surface area (TPSA) is 94.0 Å². The highest BCUT2D eigenvalue weighted by Crippen LogP contribution is 2.17. The van der Waals surface area contributed by atoms with Gasteiger partial charge in [0.05, 0.1) is 0 Å². The van der Waals surface area contributed by atoms with Crippen LogP contribution in [0.1, 0.15) is 84.8 Å². The molecule has 2 rings (SSSR count). The van der Waals surface area contributed by atoms with Crippen molar-refractivity contribution < 1.29 is 9.53 Å². The molecule has 2 heterocycles. The summed E-state index contributed by atoms with van der Waals surface area (Å²) in [6.45, 7) is 10.4. The predicted molar refractivity (Wildman–Crippen MR) is 137 cm³/mol. The van der Waals surface area contributed by atoms with Crippen LogP contribution in [0.25, 0.3) is 5.95 Å². The van der Waals surface area contributed by atoms with Crippen molar-refractivity contribution in [3.8, 4) is 5.95 Å². The molecule has 0 saturated heterocycles. The lowest BCUT2D eigenvalue weighted by Gasteiger charge is -2.21. The average molecular weight is 473 g/mol. The fourth-order valence-electron chi connectivity index (χ4n) is 3.80. The standard InChI is InChI=1S/C26H44N6O2/c1-5-7-8-9-10-11-13-22-19-24(31-26(29-22)32-16-15-27-20-32)30-23(18-21(3)4)25(33)28-14-12-17-34-6-2/h15-16,19-21,23H,5-14,17-18H2,1-4H3,(H,28,33)(H,29,30,31)/t23-/m0/s1. The molecular weight excluding hydrogens is 428 g/mol. The summed E-state index contributed by atoms with van der Waals surface area (Å²) < 4.78 is 7.17. The number of ether oxygens (including phenoxy) is 1. The summed E-state index contributed by atoms with van der Waals surface area (Å²) in [5.41, 5.74) is 0.983. The van der Waals surface area contributed by atoms with Crippen molar-refractivity contribution in [3.63, 3.8) is 0 Å². The molecule has 1 atom stereocenters. The van der Waals surface area contributed by atoms with Crippen LogP contribution in [0.2, 0.25) is 0 Å². The third-order valence-corrected chi connectivity index (χ3v) is 5.60. The summed E-state index contributed by atoms with van der Waals surface area (Å²) in [5.74, 6) is 1.60. The molecule has 1 amide bonds. The minimum Gasteiger partial charge on any atom is -0.382 e. The minimum atomic E-state index is -0.362. The van der Waals surface area contributed by atoms with Crippen LogP contribution in [-0.2, 0) is 16.0 Å². The number of hydrogen-bond acceptors (Lipinski definition) is 6. The molecule has 0 aliphatic carbocycles. The minimum absolute atomic E-state index is 0.00883. The Kier molecular flexibility index (Phi) is 13.2. The molecule has 0 unspecified atom stereocenters. The number of carbonyl (C=O) groups excluding carboxylic acids is 1. The number of carbonyl (C=O) groups is 1. The van der Waals surface area contributed by atoms with Gasteiger partial charge in [-0.2, -0.15) is 4.98 Å². The summed E-state index contributed by atoms with van der Waals surface area (Å²) in [6, 6.07) is 1.63. The van der Waals surface area contributed by atoms with Crippen LogP contribution < -0.4 is 10.6 Å². The predicted octanol–water partition coefficient (Wildman–Crippen LogP) is 4.93. The van der Waals surface area contributed by atoms with Crippen molar-refractivity contribution in [2.75, 3.05) is 25.1 Å². The highest BCUT2D eigenvalue weighted by molar-refractivity contribution is 5.84. The van der Waals surface area contributed by atoms with E-state index in [1.165, 1.54) is 32.1 Å². The highest BCUT2D eigenvalue weighted by atomic mass is 16.5. The van der Waals surface area contributed by atoms with Crippen LogP contribution in [0.4, 0.5) is 5.82 Å². The lowest BCUT2D eigenvalue weighted by atomic mass is 10.0. The van der Waals surface area contributed by atoms with Gasteiger partial charge < -0.3 is 15.4 Å². The molecule has 8 nitrogen and oxygen atoms in total. The fourth-order valence-corrected chi connectivity index (χ4v) is 3.80. The summed E-state index contributed by atoms with van der Waals surface area (Å²) in [5, 5.41) is 6.44. The zero-order valence-electron chi connectivity index (χ0n) is 21.6. The fraction of sp³-hybridized carbons (Fsp3) is 0.692. The van der Waals surface area contributed by atoms with Crippen LogP contribution in [-0.4, -0.2) is 51.2 Å². The van der Waals surface area contributed by atoms with Gasteiger partial charge in [0, 0.05) is 43.9 Å². The Bertz CT molecular complexity index is 810. The molecule has 2 aromatic rings. The van der Waals surface area contributed by atoms with Crippen LogP contribution in [0.5, 0.6) is 0 Å². The molecule has 0 fully saturated rings. The maximum Gasteiger partial charge on any atom is 0.242 e. The first-order valence-electron chi connectivity index (χ1n) is 13.0. The Morgan fingerprint density at radius 1 is 1.09 bits per heavy atom. The van der Waals surface area contributed by atoms with E-state index in [0.29, 0.717) is 43.9 Å². The number of anilines is 1. The summed E-state index contributed by atoms with van der Waals surface area (Å²) in [6.07, 6.45) is 15.1. The van der Waals surface area contributed by atoms with Crippen molar-refractivity contribution in [2.24, 2.45) is 5.92 Å². The molecule has 2 aromatic heterocycles. The largest absolute Gasteiger partial charge is 0.382 e. The molecule has 0 spiro atoms. The van der Waals surface area contributed by atoms with Crippen molar-refractivity contribution in [1.29, 1.82) is 0 Å². The van der Waals surface area contributed by atoms with Gasteiger partial charge in [0.15, 0.2) is 0 Å². The maximum absolute atomic E-state index is 12.9. The van der Waals surface area contributed by atoms with Crippen LogP contribution in [0.15, 0.2) is 24.8 Å². The molecule has 2 N–H and O–H groups in total. The Balaban J connectivity index is 2.09. The van der Waals surface area contributed by atoms with Gasteiger partial charge in [-0.1, -0.05) is 52.9 Å². The molecule has 34 heavy (non-hydrogen) atoms. The van der Waals surface area contributed by atoms with Gasteiger partial charge >= 0.3 is 0 Å². The van der Waals surface area contributed by atoms with E-state index < -0.39 is 0 Å². The number of unbranched alkanes of at least 4 members (excludes halogenated alkanes) is 5. The van der Waals surface area contributed by atoms with Gasteiger partial charge in [-0.15, -0.1) is 0 Å². The zero-order chi connectivity index (χ0) is 24.6. The SMILES string of the molecule is CCCCCCCCc1cc(N[C@@H](CC(C)C)C(=O)NCCCOCC)nc(-n2ccnc2)n1. The molecule has 0 aliphatic heterocycles. The Morgan fingerprint density at radius 2 is 1.88 bits per heavy atom. The quantitative estimate of drug-likeness (QED) is 0.299. The van der Waals surface area contributed by atoms with Gasteiger partial charge in [0.2, 0.25) is 11.9 Å². The Morgan fingerprint density at radius 3 is 2.59 bits per heavy atom. The number of imidazole rings is 1. The van der Waals surface area contributed by atoms with E-state index in [9.17, 15) is 4.79 Å². The van der Waals surface area contributed by atoms with E-state index in [0.717, 1.165) is 25.0 Å². The van der Waals surface area contributed by atoms with E-state index in [1.54, 1.807) is 17.1 Å². The molecule has 0 aromatic carbocycles. The first-order chi connectivity index (χ1) is 16.5. The maximum atomic E-state index is 12.9. The molecule has 0 radical (unpaired) electrons. The van der Waals surface area contributed by atoms with E-state index in [1.807, 2.05) is 19.2 Å². The summed E-state index contributed by atoms with van der Waals surface area (Å²) >= 11 is 0. The molecule has 8 heteroatoms. The molecule has 0 aliphatic rings. The smallest absolute Gasteiger partial charge is 0.242 e. The number of aromatic nitrogens is 4. The van der Waals surface area contributed by atoms with Crippen molar-refractivity contribution >= 4 is 11.7 Å². The van der Waals surface area contributed by atoms with Gasteiger partial charge in [0.25, 0.3) is 0 Å². The first-order valence-corrected chi connectivity index (χ1v) is 13.0. The number of hydrogen-bond donors (Lipinski definition) is 2. The normalized spacial score (nSPS) is 12.1. The number of amides is 1. The third-order valence-electron chi connectivity index (χ3n) is 5.60. The third kappa shape index (κ3) is 10.6. The summed E-state index contributed by atoms with van der Waals surface area (Å²) in [7, 11) is 0. The van der Waals surface area contributed by atoms with Gasteiger partial charge in [-0.05, 0) is 38.5 Å². The lowest BCUT2D eigenvalue weighted by Crippen LogP contribution is -2.41. The van der Waals surface area contributed by atoms with E-state index >= 15 is 0 Å². The molecule has 0 saturated carbocycles. The van der Waals surface area contributed by atoms with Crippen molar-refractivity contribution in [3.05, 3.63) is 30.5 Å². The molecule has 190 valence electrons. The van der Waals surface area contributed by atoms with Gasteiger partial charge in [-0.25, -0.2) is 9.97 Å². The average Bonchev–Trinajstić information content (AvgIpc) is 3.35. The second-order valence-electron chi connectivity index (χ2n) is 9.20. The Hall–Kier alpha value is -2.48. The van der Waals surface area contributed by atoms with Gasteiger partial charge in [-0.3, -0.25) is 9.36 Å². The Labute approximate surface area is 205 Å². The van der Waals surface area contributed by atoms with E-state index in [-0.39, 0.29) is 11.9 Å². The van der Waals surface area contributed by atoms with Gasteiger partial charge in [0.1, 0.15) is 18.2 Å². The second kappa shape index (κ2) is 16.2. The number of aryl methyl sites for hydroxylation is 1.